The van der Waals surface area contributed by atoms with Crippen LogP contribution < -0.4 is 16.5 Å². The number of carbonyl (C=O) groups is 2. The van der Waals surface area contributed by atoms with Crippen LogP contribution in [0.25, 0.3) is 0 Å². The van der Waals surface area contributed by atoms with Gasteiger partial charge in [0.15, 0.2) is 16.9 Å². The zero-order valence-corrected chi connectivity index (χ0v) is 15.0. The molecule has 0 spiro atoms. The monoisotopic (exact) mass is 406 g/mol. The molecule has 0 unspecified atom stereocenters. The van der Waals surface area contributed by atoms with Gasteiger partial charge in [0.1, 0.15) is 12.8 Å². The van der Waals surface area contributed by atoms with Crippen LogP contribution in [-0.2, 0) is 29.6 Å². The average molecular weight is 406 g/mol. The Kier molecular flexibility index (Phi) is 5.76. The van der Waals surface area contributed by atoms with Crippen molar-refractivity contribution in [1.29, 1.82) is 0 Å². The van der Waals surface area contributed by atoms with Crippen molar-refractivity contribution in [3.63, 3.8) is 0 Å². The first-order chi connectivity index (χ1) is 12.2. The van der Waals surface area contributed by atoms with Crippen LogP contribution in [0.5, 0.6) is 0 Å². The van der Waals surface area contributed by atoms with E-state index < -0.39 is 28.2 Å². The molecule has 2 amide bonds. The average Bonchev–Trinajstić information content (AvgIpc) is 2.98. The molecule has 26 heavy (non-hydrogen) atoms. The number of hydrogen-bond acceptors (Lipinski definition) is 11. The van der Waals surface area contributed by atoms with Gasteiger partial charge < -0.3 is 15.9 Å². The lowest BCUT2D eigenvalue weighted by Crippen LogP contribution is -2.64. The lowest BCUT2D eigenvalue weighted by atomic mass is 10.1. The van der Waals surface area contributed by atoms with Gasteiger partial charge in [-0.1, -0.05) is 5.16 Å². The van der Waals surface area contributed by atoms with Crippen molar-refractivity contribution < 1.29 is 32.2 Å². The Balaban J connectivity index is 2.26. The Hall–Kier alpha value is -2.75. The number of β-lactam (4-membered cyclic amide) rings is 1. The van der Waals surface area contributed by atoms with Crippen molar-refractivity contribution in [2.45, 2.75) is 6.04 Å². The minimum atomic E-state index is -4.86. The topological polar surface area (TPSA) is 186 Å². The fourth-order valence-corrected chi connectivity index (χ4v) is 3.26. The molecular weight excluding hydrogens is 392 g/mol. The van der Waals surface area contributed by atoms with Crippen LogP contribution in [-0.4, -0.2) is 60.0 Å². The zero-order valence-electron chi connectivity index (χ0n) is 13.4. The number of hydroxylamine groups is 1. The summed E-state index contributed by atoms with van der Waals surface area (Å²) in [4.78, 5) is 37.4. The second-order valence-electron chi connectivity index (χ2n) is 4.57. The number of nitrogen functional groups attached to an aromatic ring is 1. The predicted octanol–water partition coefficient (Wildman–Crippen LogP) is -1.80. The third kappa shape index (κ3) is 3.90. The van der Waals surface area contributed by atoms with Crippen LogP contribution in [0.1, 0.15) is 5.69 Å². The number of oxime groups is 1. The highest BCUT2D eigenvalue weighted by Crippen LogP contribution is 2.27. The van der Waals surface area contributed by atoms with Gasteiger partial charge in [-0.3, -0.25) is 24.5 Å². The molecule has 1 aliphatic rings. The van der Waals surface area contributed by atoms with E-state index in [-0.39, 0.29) is 26.5 Å². The number of carbonyl (C=O) groups excluding carboxylic acids is 2. The van der Waals surface area contributed by atoms with Gasteiger partial charge in [0.05, 0.1) is 12.8 Å². The van der Waals surface area contributed by atoms with E-state index in [1.807, 2.05) is 0 Å². The van der Waals surface area contributed by atoms with Crippen molar-refractivity contribution in [1.82, 2.24) is 20.1 Å². The standard InChI is InChI=1S/C11H14N6O7S2/c1-23-13-3-6-8(10(19)17(6)26(20,21)22)15-9(18)7(16-24-2)5-4-25-11(12)14-5/h3-4,8,13H,1-2H3,(H2,12,14)(H,15,18)(H,20,21,22)/t8-/m0/s1. The van der Waals surface area contributed by atoms with E-state index in [1.54, 1.807) is 0 Å². The predicted molar refractivity (Wildman–Crippen MR) is 88.6 cm³/mol. The number of hydrogen-bond donors (Lipinski definition) is 4. The lowest BCUT2D eigenvalue weighted by molar-refractivity contribution is -0.135. The molecule has 142 valence electrons. The first-order valence-corrected chi connectivity index (χ1v) is 8.92. The molecule has 1 aromatic heterocycles. The number of amides is 2. The normalized spacial score (nSPS) is 19.3. The summed E-state index contributed by atoms with van der Waals surface area (Å²) in [6.45, 7) is 0. The fraction of sp³-hybridized carbons (Fsp3) is 0.273. The summed E-state index contributed by atoms with van der Waals surface area (Å²) in [6, 6.07) is -1.38. The minimum Gasteiger partial charge on any atom is -0.398 e. The summed E-state index contributed by atoms with van der Waals surface area (Å²) in [6.07, 6.45) is 0.980. The van der Waals surface area contributed by atoms with Crippen molar-refractivity contribution in [2.75, 3.05) is 20.0 Å². The third-order valence-electron chi connectivity index (χ3n) is 2.97. The Morgan fingerprint density at radius 1 is 1.54 bits per heavy atom. The molecule has 13 nitrogen and oxygen atoms in total. The van der Waals surface area contributed by atoms with Crippen LogP contribution in [0, 0.1) is 0 Å². The number of rotatable bonds is 7. The van der Waals surface area contributed by atoms with E-state index in [4.69, 9.17) is 10.3 Å². The van der Waals surface area contributed by atoms with Crippen molar-refractivity contribution >= 4 is 44.3 Å². The quantitative estimate of drug-likeness (QED) is 0.174. The van der Waals surface area contributed by atoms with Gasteiger partial charge >= 0.3 is 10.3 Å². The zero-order chi connectivity index (χ0) is 19.5. The van der Waals surface area contributed by atoms with E-state index in [0.29, 0.717) is 0 Å². The molecule has 1 aliphatic heterocycles. The summed E-state index contributed by atoms with van der Waals surface area (Å²) in [7, 11) is -2.42. The number of nitrogens with two attached hydrogens (primary N) is 1. The summed E-state index contributed by atoms with van der Waals surface area (Å²) in [5.41, 5.74) is 7.26. The van der Waals surface area contributed by atoms with Crippen LogP contribution in [0.2, 0.25) is 0 Å². The first kappa shape index (κ1) is 19.6. The van der Waals surface area contributed by atoms with Gasteiger partial charge in [0, 0.05) is 11.6 Å². The number of nitrogens with one attached hydrogen (secondary N) is 2. The Morgan fingerprint density at radius 3 is 2.73 bits per heavy atom. The minimum absolute atomic E-state index is 0.0952. The summed E-state index contributed by atoms with van der Waals surface area (Å²) in [5.74, 6) is -1.96. The van der Waals surface area contributed by atoms with Crippen LogP contribution in [0.15, 0.2) is 22.4 Å². The molecule has 1 atom stereocenters. The van der Waals surface area contributed by atoms with Gasteiger partial charge in [0.25, 0.3) is 11.8 Å². The summed E-state index contributed by atoms with van der Waals surface area (Å²) in [5, 5.41) is 7.43. The second kappa shape index (κ2) is 7.65. The molecule has 1 fully saturated rings. The molecule has 1 saturated heterocycles. The highest BCUT2D eigenvalue weighted by Gasteiger charge is 2.50. The van der Waals surface area contributed by atoms with E-state index in [0.717, 1.165) is 17.5 Å². The SMILES string of the molecule is CON=C(C(=O)N[C@@H]1C(=O)N(S(=O)(=O)O)C1=CNOC)c1csc(N)n1. The maximum Gasteiger partial charge on any atom is 0.366 e. The van der Waals surface area contributed by atoms with E-state index in [1.165, 1.54) is 19.6 Å². The largest absolute Gasteiger partial charge is 0.398 e. The van der Waals surface area contributed by atoms with Crippen LogP contribution in [0.4, 0.5) is 5.13 Å². The Morgan fingerprint density at radius 2 is 2.23 bits per heavy atom. The van der Waals surface area contributed by atoms with Crippen molar-refractivity contribution in [3.05, 3.63) is 23.0 Å². The summed E-state index contributed by atoms with van der Waals surface area (Å²) >= 11 is 1.06. The molecule has 5 N–H and O–H groups in total. The maximum absolute atomic E-state index is 12.4. The van der Waals surface area contributed by atoms with Crippen molar-refractivity contribution in [3.8, 4) is 0 Å². The molecule has 0 radical (unpaired) electrons. The first-order valence-electron chi connectivity index (χ1n) is 6.64. The molecule has 1 aromatic rings. The smallest absolute Gasteiger partial charge is 0.366 e. The number of thiazole rings is 1. The molecule has 2 rings (SSSR count). The van der Waals surface area contributed by atoms with Gasteiger partial charge in [-0.25, -0.2) is 4.98 Å². The maximum atomic E-state index is 12.4. The Bertz CT molecular complexity index is 877. The summed E-state index contributed by atoms with van der Waals surface area (Å²) < 4.78 is 31.7. The fourth-order valence-electron chi connectivity index (χ4n) is 1.96. The lowest BCUT2D eigenvalue weighted by Gasteiger charge is -2.38. The number of anilines is 1. The van der Waals surface area contributed by atoms with Crippen molar-refractivity contribution in [2.24, 2.45) is 5.16 Å². The molecule has 0 bridgehead atoms. The third-order valence-corrected chi connectivity index (χ3v) is 4.50. The molecular formula is C11H14N6O7S2. The highest BCUT2D eigenvalue weighted by molar-refractivity contribution is 7.84. The van der Waals surface area contributed by atoms with Crippen LogP contribution >= 0.6 is 11.3 Å². The van der Waals surface area contributed by atoms with Gasteiger partial charge in [-0.05, 0) is 0 Å². The van der Waals surface area contributed by atoms with Gasteiger partial charge in [-0.15, -0.1) is 11.3 Å². The Labute approximate surface area is 151 Å². The molecule has 0 saturated carbocycles. The van der Waals surface area contributed by atoms with Gasteiger partial charge in [0.2, 0.25) is 0 Å². The number of nitrogens with zero attached hydrogens (tertiary/aromatic N) is 3. The second-order valence-corrected chi connectivity index (χ2v) is 6.72. The highest BCUT2D eigenvalue weighted by atomic mass is 32.2. The van der Waals surface area contributed by atoms with Gasteiger partial charge in [-0.2, -0.15) is 12.7 Å². The molecule has 0 aromatic carbocycles. The molecule has 15 heteroatoms. The molecule has 0 aliphatic carbocycles. The van der Waals surface area contributed by atoms with E-state index in [2.05, 4.69) is 30.6 Å². The van der Waals surface area contributed by atoms with Crippen LogP contribution in [0.3, 0.4) is 0 Å². The van der Waals surface area contributed by atoms with E-state index in [9.17, 15) is 18.0 Å². The van der Waals surface area contributed by atoms with E-state index >= 15 is 0 Å². The molecule has 2 heterocycles. The number of aromatic nitrogens is 1.